The maximum Gasteiger partial charge on any atom is 0.327 e. The van der Waals surface area contributed by atoms with E-state index in [2.05, 4.69) is 20.2 Å². The fraction of sp³-hybridized carbons (Fsp3) is 0.375. The number of hydrogen-bond donors (Lipinski definition) is 2. The molecular formula is C16H17ClN6O3. The van der Waals surface area contributed by atoms with Crippen LogP contribution in [-0.4, -0.2) is 47.4 Å². The smallest absolute Gasteiger partial charge is 0.327 e. The van der Waals surface area contributed by atoms with E-state index in [0.29, 0.717) is 53.1 Å². The van der Waals surface area contributed by atoms with Crippen LogP contribution < -0.4 is 0 Å². The Morgan fingerprint density at radius 2 is 2.35 bits per heavy atom. The highest BCUT2D eigenvalue weighted by Gasteiger charge is 2.36. The van der Waals surface area contributed by atoms with Gasteiger partial charge in [0.1, 0.15) is 22.3 Å². The third kappa shape index (κ3) is 2.69. The lowest BCUT2D eigenvalue weighted by Crippen LogP contribution is -2.39. The molecule has 4 heterocycles. The Bertz CT molecular complexity index is 975. The maximum atomic E-state index is 11.9. The molecule has 2 N–H and O–H groups in total. The Labute approximate surface area is 153 Å². The number of nitrogens with one attached hydrogen (secondary N) is 1. The summed E-state index contributed by atoms with van der Waals surface area (Å²) >= 11 is 6.44. The van der Waals surface area contributed by atoms with Crippen molar-refractivity contribution in [2.45, 2.75) is 25.9 Å². The van der Waals surface area contributed by atoms with Gasteiger partial charge in [0.2, 0.25) is 0 Å². The van der Waals surface area contributed by atoms with Gasteiger partial charge < -0.3 is 14.6 Å². The van der Waals surface area contributed by atoms with Crippen LogP contribution in [0.2, 0.25) is 5.15 Å². The number of aromatic nitrogens is 5. The fourth-order valence-electron chi connectivity index (χ4n) is 3.34. The van der Waals surface area contributed by atoms with Crippen molar-refractivity contribution in [3.05, 3.63) is 40.3 Å². The molecule has 9 nitrogen and oxygen atoms in total. The first kappa shape index (κ1) is 16.8. The number of carbonyl (C=O) groups is 1. The number of carboxylic acids is 1. The lowest BCUT2D eigenvalue weighted by molar-refractivity contribution is -0.144. The molecule has 0 fully saturated rings. The molecule has 0 radical (unpaired) electrons. The minimum atomic E-state index is -0.947. The minimum Gasteiger partial charge on any atom is -0.480 e. The number of imidazole rings is 1. The number of aryl methyl sites for hydroxylation is 2. The average molecular weight is 377 g/mol. The molecule has 136 valence electrons. The van der Waals surface area contributed by atoms with Gasteiger partial charge in [-0.1, -0.05) is 16.8 Å². The van der Waals surface area contributed by atoms with Gasteiger partial charge >= 0.3 is 5.97 Å². The van der Waals surface area contributed by atoms with Gasteiger partial charge in [-0.15, -0.1) is 0 Å². The second kappa shape index (κ2) is 6.26. The molecule has 10 heteroatoms. The topological polar surface area (TPSA) is 113 Å². The number of H-pyrrole nitrogens is 1. The molecule has 0 spiro atoms. The molecule has 3 aromatic rings. The van der Waals surface area contributed by atoms with Crippen molar-refractivity contribution in [3.63, 3.8) is 0 Å². The van der Waals surface area contributed by atoms with Crippen LogP contribution in [0.3, 0.4) is 0 Å². The first-order valence-corrected chi connectivity index (χ1v) is 8.47. The van der Waals surface area contributed by atoms with Gasteiger partial charge in [0.25, 0.3) is 0 Å². The predicted molar refractivity (Wildman–Crippen MR) is 91.5 cm³/mol. The predicted octanol–water partition coefficient (Wildman–Crippen LogP) is 1.94. The number of aromatic amines is 1. The summed E-state index contributed by atoms with van der Waals surface area (Å²) in [6, 6.07) is 0.937. The summed E-state index contributed by atoms with van der Waals surface area (Å²) in [7, 11) is 1.74. The van der Waals surface area contributed by atoms with E-state index in [1.54, 1.807) is 24.7 Å². The van der Waals surface area contributed by atoms with Crippen LogP contribution in [0.15, 0.2) is 16.9 Å². The number of aliphatic carboxylic acids is 1. The Balaban J connectivity index is 1.72. The maximum absolute atomic E-state index is 11.9. The van der Waals surface area contributed by atoms with E-state index in [9.17, 15) is 9.90 Å². The largest absolute Gasteiger partial charge is 0.480 e. The van der Waals surface area contributed by atoms with Crippen molar-refractivity contribution in [3.8, 4) is 11.4 Å². The number of rotatable bonds is 4. The molecule has 1 aliphatic heterocycles. The van der Waals surface area contributed by atoms with E-state index < -0.39 is 12.0 Å². The van der Waals surface area contributed by atoms with Crippen LogP contribution >= 0.6 is 11.6 Å². The van der Waals surface area contributed by atoms with Gasteiger partial charge in [0, 0.05) is 43.9 Å². The number of fused-ring (bicyclic) bond motifs is 1. The van der Waals surface area contributed by atoms with Gasteiger partial charge in [-0.3, -0.25) is 14.4 Å². The summed E-state index contributed by atoms with van der Waals surface area (Å²) in [5, 5.41) is 18.6. The molecule has 4 rings (SSSR count). The normalized spacial score (nSPS) is 17.4. The van der Waals surface area contributed by atoms with Crippen molar-refractivity contribution in [2.75, 3.05) is 6.54 Å². The van der Waals surface area contributed by atoms with Crippen molar-refractivity contribution in [1.29, 1.82) is 0 Å². The lowest BCUT2D eigenvalue weighted by Gasteiger charge is -2.32. The molecule has 0 aromatic carbocycles. The second-order valence-electron chi connectivity index (χ2n) is 6.29. The SMILES string of the molecule is Cc1cc(-c2nn(C)c(Cl)c2CN2CCc3[nH]cnc3C2C(=O)O)no1. The highest BCUT2D eigenvalue weighted by atomic mass is 35.5. The van der Waals surface area contributed by atoms with Crippen LogP contribution in [0.5, 0.6) is 0 Å². The zero-order chi connectivity index (χ0) is 18.4. The molecule has 26 heavy (non-hydrogen) atoms. The van der Waals surface area contributed by atoms with Gasteiger partial charge in [-0.05, 0) is 6.92 Å². The highest BCUT2D eigenvalue weighted by Crippen LogP contribution is 2.34. The molecule has 1 atom stereocenters. The summed E-state index contributed by atoms with van der Waals surface area (Å²) < 4.78 is 6.70. The van der Waals surface area contributed by atoms with Gasteiger partial charge in [-0.2, -0.15) is 5.10 Å². The number of hydrogen-bond acceptors (Lipinski definition) is 6. The molecular weight excluding hydrogens is 360 g/mol. The van der Waals surface area contributed by atoms with Gasteiger partial charge in [0.05, 0.1) is 12.0 Å². The zero-order valence-electron chi connectivity index (χ0n) is 14.2. The molecule has 0 aliphatic carbocycles. The summed E-state index contributed by atoms with van der Waals surface area (Å²) in [4.78, 5) is 20.9. The quantitative estimate of drug-likeness (QED) is 0.715. The standard InChI is InChI=1S/C16H17ClN6O3/c1-8-5-11(21-26-8)12-9(15(17)22(2)20-12)6-23-4-3-10-13(19-7-18-10)14(23)16(24)25/h5,7,14H,3-4,6H2,1-2H3,(H,18,19)(H,24,25). The molecule has 1 unspecified atom stereocenters. The molecule has 3 aromatic heterocycles. The molecule has 0 amide bonds. The first-order valence-electron chi connectivity index (χ1n) is 8.09. The van der Waals surface area contributed by atoms with Crippen molar-refractivity contribution in [1.82, 2.24) is 29.8 Å². The third-order valence-corrected chi connectivity index (χ3v) is 5.03. The highest BCUT2D eigenvalue weighted by molar-refractivity contribution is 6.30. The Kier molecular flexibility index (Phi) is 4.04. The Hall–Kier alpha value is -2.65. The summed E-state index contributed by atoms with van der Waals surface area (Å²) in [6.45, 7) is 2.68. The van der Waals surface area contributed by atoms with E-state index in [0.717, 1.165) is 5.69 Å². The zero-order valence-corrected chi connectivity index (χ0v) is 15.0. The van der Waals surface area contributed by atoms with E-state index in [1.165, 1.54) is 6.33 Å². The van der Waals surface area contributed by atoms with E-state index in [-0.39, 0.29) is 0 Å². The number of halogens is 1. The van der Waals surface area contributed by atoms with Crippen molar-refractivity contribution >= 4 is 17.6 Å². The van der Waals surface area contributed by atoms with Gasteiger partial charge in [0.15, 0.2) is 6.04 Å². The fourth-order valence-corrected chi connectivity index (χ4v) is 3.53. The van der Waals surface area contributed by atoms with Crippen LogP contribution in [0.1, 0.15) is 28.8 Å². The van der Waals surface area contributed by atoms with Crippen molar-refractivity contribution in [2.24, 2.45) is 7.05 Å². The molecule has 0 saturated carbocycles. The summed E-state index contributed by atoms with van der Waals surface area (Å²) in [5.74, 6) is -0.285. The van der Waals surface area contributed by atoms with Crippen LogP contribution in [0.25, 0.3) is 11.4 Å². The van der Waals surface area contributed by atoms with E-state index in [4.69, 9.17) is 16.1 Å². The van der Waals surface area contributed by atoms with Gasteiger partial charge in [-0.25, -0.2) is 4.98 Å². The summed E-state index contributed by atoms with van der Waals surface area (Å²) in [6.07, 6.45) is 2.22. The van der Waals surface area contributed by atoms with Crippen LogP contribution in [-0.2, 0) is 24.8 Å². The Morgan fingerprint density at radius 3 is 3.04 bits per heavy atom. The molecule has 0 bridgehead atoms. The number of carboxylic acid groups (broad SMARTS) is 1. The first-order chi connectivity index (χ1) is 12.5. The van der Waals surface area contributed by atoms with E-state index >= 15 is 0 Å². The molecule has 0 saturated heterocycles. The second-order valence-corrected chi connectivity index (χ2v) is 6.65. The lowest BCUT2D eigenvalue weighted by atomic mass is 10.0. The number of nitrogens with zero attached hydrogens (tertiary/aromatic N) is 5. The van der Waals surface area contributed by atoms with Crippen LogP contribution in [0.4, 0.5) is 0 Å². The average Bonchev–Trinajstić information content (AvgIpc) is 3.30. The molecule has 1 aliphatic rings. The Morgan fingerprint density at radius 1 is 1.54 bits per heavy atom. The minimum absolute atomic E-state index is 0.317. The van der Waals surface area contributed by atoms with Crippen LogP contribution in [0, 0.1) is 6.92 Å². The van der Waals surface area contributed by atoms with Crippen molar-refractivity contribution < 1.29 is 14.4 Å². The summed E-state index contributed by atoms with van der Waals surface area (Å²) in [5.41, 5.74) is 3.28. The monoisotopic (exact) mass is 376 g/mol. The van der Waals surface area contributed by atoms with E-state index in [1.807, 2.05) is 4.90 Å². The third-order valence-electron chi connectivity index (χ3n) is 4.56.